The minimum Gasteiger partial charge on any atom is -0.398 e. The van der Waals surface area contributed by atoms with Crippen molar-refractivity contribution in [3.8, 4) is 0 Å². The Labute approximate surface area is 90.9 Å². The Hall–Kier alpha value is -0.380. The van der Waals surface area contributed by atoms with E-state index in [1.807, 2.05) is 17.5 Å². The predicted octanol–water partition coefficient (Wildman–Crippen LogP) is 3.51. The Morgan fingerprint density at radius 1 is 1.46 bits per heavy atom. The van der Waals surface area contributed by atoms with Gasteiger partial charge in [0.05, 0.1) is 0 Å². The molecule has 0 bridgehead atoms. The number of nitrogen functional groups attached to an aromatic ring is 1. The maximum Gasteiger partial charge on any atom is 0.0488 e. The Morgan fingerprint density at radius 2 is 2.23 bits per heavy atom. The fraction of sp³-hybridized carbons (Fsp3) is 0.111. The number of halogens is 1. The first-order valence-corrected chi connectivity index (χ1v) is 5.63. The first kappa shape index (κ1) is 9.19. The number of anilines is 1. The molecule has 1 aromatic carbocycles. The Kier molecular flexibility index (Phi) is 2.41. The Balaban J connectivity index is 2.87. The summed E-state index contributed by atoms with van der Waals surface area (Å²) in [4.78, 5) is 0.935. The summed E-state index contributed by atoms with van der Waals surface area (Å²) in [6.07, 6.45) is 0. The van der Waals surface area contributed by atoms with Crippen LogP contribution in [0.15, 0.2) is 22.4 Å². The van der Waals surface area contributed by atoms with E-state index in [1.54, 1.807) is 11.3 Å². The van der Waals surface area contributed by atoms with Crippen molar-refractivity contribution in [1.29, 1.82) is 0 Å². The highest BCUT2D eigenvalue weighted by atomic mass is 35.5. The lowest BCUT2D eigenvalue weighted by Crippen LogP contribution is -1.87. The molecule has 0 atom stereocenters. The van der Waals surface area contributed by atoms with Gasteiger partial charge in [-0.1, -0.05) is 6.07 Å². The molecular weight excluding hydrogens is 222 g/mol. The molecule has 0 saturated heterocycles. The molecule has 1 aromatic heterocycles. The molecule has 2 aromatic rings. The maximum atomic E-state index is 5.84. The van der Waals surface area contributed by atoms with Gasteiger partial charge in [0, 0.05) is 31.9 Å². The number of hydrogen-bond acceptors (Lipinski definition) is 3. The van der Waals surface area contributed by atoms with E-state index >= 15 is 0 Å². The quantitative estimate of drug-likeness (QED) is 0.437. The minimum atomic E-state index is 0.518. The molecule has 0 amide bonds. The molecule has 2 rings (SSSR count). The Morgan fingerprint density at radius 3 is 2.92 bits per heavy atom. The standard InChI is InChI=1S/C9H8ClNS2/c10-3-5-1-2-6(11)8-7(12)4-13-9(5)8/h1-2,4,12H,3,11H2. The van der Waals surface area contributed by atoms with Gasteiger partial charge >= 0.3 is 0 Å². The summed E-state index contributed by atoms with van der Waals surface area (Å²) in [6, 6.07) is 3.85. The number of rotatable bonds is 1. The molecule has 2 N–H and O–H groups in total. The van der Waals surface area contributed by atoms with E-state index in [2.05, 4.69) is 12.6 Å². The van der Waals surface area contributed by atoms with Crippen molar-refractivity contribution in [2.75, 3.05) is 5.73 Å². The smallest absolute Gasteiger partial charge is 0.0488 e. The maximum absolute atomic E-state index is 5.84. The van der Waals surface area contributed by atoms with Gasteiger partial charge in [-0.15, -0.1) is 35.6 Å². The van der Waals surface area contributed by atoms with E-state index in [4.69, 9.17) is 17.3 Å². The van der Waals surface area contributed by atoms with Gasteiger partial charge in [-0.05, 0) is 11.6 Å². The molecule has 0 aliphatic carbocycles. The van der Waals surface area contributed by atoms with Gasteiger partial charge in [0.1, 0.15) is 0 Å². The van der Waals surface area contributed by atoms with Crippen molar-refractivity contribution in [2.24, 2.45) is 0 Å². The van der Waals surface area contributed by atoms with Crippen molar-refractivity contribution in [3.05, 3.63) is 23.1 Å². The normalized spacial score (nSPS) is 10.9. The highest BCUT2D eigenvalue weighted by molar-refractivity contribution is 7.80. The van der Waals surface area contributed by atoms with Crippen LogP contribution in [-0.2, 0) is 5.88 Å². The first-order valence-electron chi connectivity index (χ1n) is 3.77. The molecule has 0 unspecified atom stereocenters. The summed E-state index contributed by atoms with van der Waals surface area (Å²) in [7, 11) is 0. The van der Waals surface area contributed by atoms with Crippen molar-refractivity contribution in [2.45, 2.75) is 10.8 Å². The van der Waals surface area contributed by atoms with Crippen molar-refractivity contribution < 1.29 is 0 Å². The van der Waals surface area contributed by atoms with E-state index < -0.39 is 0 Å². The second kappa shape index (κ2) is 3.40. The third-order valence-electron chi connectivity index (χ3n) is 1.96. The van der Waals surface area contributed by atoms with Gasteiger partial charge in [-0.3, -0.25) is 0 Å². The third-order valence-corrected chi connectivity index (χ3v) is 3.83. The molecule has 0 fully saturated rings. The van der Waals surface area contributed by atoms with Gasteiger partial charge in [0.15, 0.2) is 0 Å². The second-order valence-electron chi connectivity index (χ2n) is 2.77. The van der Waals surface area contributed by atoms with Gasteiger partial charge in [0.25, 0.3) is 0 Å². The molecule has 4 heteroatoms. The number of nitrogens with two attached hydrogens (primary N) is 1. The fourth-order valence-electron chi connectivity index (χ4n) is 1.32. The summed E-state index contributed by atoms with van der Waals surface area (Å²) in [5.41, 5.74) is 7.73. The topological polar surface area (TPSA) is 26.0 Å². The minimum absolute atomic E-state index is 0.518. The van der Waals surface area contributed by atoms with Crippen LogP contribution in [0.2, 0.25) is 0 Å². The highest BCUT2D eigenvalue weighted by Crippen LogP contribution is 2.35. The van der Waals surface area contributed by atoms with Crippen molar-refractivity contribution in [1.82, 2.24) is 0 Å². The lowest BCUT2D eigenvalue weighted by atomic mass is 10.1. The van der Waals surface area contributed by atoms with Crippen LogP contribution in [0, 0.1) is 0 Å². The van der Waals surface area contributed by atoms with Crippen molar-refractivity contribution >= 4 is 51.3 Å². The molecule has 0 aliphatic heterocycles. The second-order valence-corrected chi connectivity index (χ2v) is 4.40. The van der Waals surface area contributed by atoms with Crippen LogP contribution in [0.1, 0.15) is 5.56 Å². The molecule has 0 spiro atoms. The van der Waals surface area contributed by atoms with Crippen LogP contribution in [0.25, 0.3) is 10.1 Å². The number of hydrogen-bond donors (Lipinski definition) is 2. The third kappa shape index (κ3) is 1.41. The molecule has 1 heterocycles. The van der Waals surface area contributed by atoms with Gasteiger partial charge in [-0.25, -0.2) is 0 Å². The summed E-state index contributed by atoms with van der Waals surface area (Å²) >= 11 is 11.8. The number of benzene rings is 1. The van der Waals surface area contributed by atoms with E-state index in [1.165, 1.54) is 0 Å². The molecule has 0 radical (unpaired) electrons. The number of alkyl halides is 1. The number of thiol groups is 1. The summed E-state index contributed by atoms with van der Waals surface area (Å²) in [5.74, 6) is 0.518. The molecular formula is C9H8ClNS2. The van der Waals surface area contributed by atoms with E-state index in [9.17, 15) is 0 Å². The monoisotopic (exact) mass is 229 g/mol. The average molecular weight is 230 g/mol. The van der Waals surface area contributed by atoms with Crippen LogP contribution < -0.4 is 5.73 Å². The van der Waals surface area contributed by atoms with Crippen LogP contribution in [-0.4, -0.2) is 0 Å². The number of thiophene rings is 1. The fourth-order valence-corrected chi connectivity index (χ4v) is 3.08. The van der Waals surface area contributed by atoms with Crippen LogP contribution in [0.5, 0.6) is 0 Å². The Bertz CT molecular complexity index is 450. The van der Waals surface area contributed by atoms with Gasteiger partial charge < -0.3 is 5.73 Å². The van der Waals surface area contributed by atoms with Gasteiger partial charge in [0.2, 0.25) is 0 Å². The lowest BCUT2D eigenvalue weighted by molar-refractivity contribution is 1.46. The molecule has 0 saturated carbocycles. The van der Waals surface area contributed by atoms with Crippen LogP contribution in [0.3, 0.4) is 0 Å². The zero-order valence-corrected chi connectivity index (χ0v) is 9.22. The summed E-state index contributed by atoms with van der Waals surface area (Å²) in [5, 5.41) is 3.02. The van der Waals surface area contributed by atoms with E-state index in [-0.39, 0.29) is 0 Å². The first-order chi connectivity index (χ1) is 6.24. The highest BCUT2D eigenvalue weighted by Gasteiger charge is 2.07. The SMILES string of the molecule is Nc1ccc(CCl)c2scc(S)c12. The largest absolute Gasteiger partial charge is 0.398 e. The molecule has 1 nitrogen and oxygen atoms in total. The zero-order valence-electron chi connectivity index (χ0n) is 6.75. The lowest BCUT2D eigenvalue weighted by Gasteiger charge is -2.01. The average Bonchev–Trinajstić information content (AvgIpc) is 2.50. The van der Waals surface area contributed by atoms with Crippen LogP contribution >= 0.6 is 35.6 Å². The number of fused-ring (bicyclic) bond motifs is 1. The van der Waals surface area contributed by atoms with E-state index in [0.717, 1.165) is 26.2 Å². The summed E-state index contributed by atoms with van der Waals surface area (Å²) < 4.78 is 1.15. The van der Waals surface area contributed by atoms with Crippen molar-refractivity contribution in [3.63, 3.8) is 0 Å². The predicted molar refractivity (Wildman–Crippen MR) is 63.0 cm³/mol. The molecule has 0 aliphatic rings. The van der Waals surface area contributed by atoms with Gasteiger partial charge in [-0.2, -0.15) is 0 Å². The van der Waals surface area contributed by atoms with Crippen LogP contribution in [0.4, 0.5) is 5.69 Å². The van der Waals surface area contributed by atoms with E-state index in [0.29, 0.717) is 5.88 Å². The molecule has 68 valence electrons. The summed E-state index contributed by atoms with van der Waals surface area (Å²) in [6.45, 7) is 0. The molecule has 13 heavy (non-hydrogen) atoms. The zero-order chi connectivity index (χ0) is 9.42.